The number of para-hydroxylation sites is 1. The molecule has 0 radical (unpaired) electrons. The van der Waals surface area contributed by atoms with Crippen LogP contribution in [0.1, 0.15) is 44.7 Å². The van der Waals surface area contributed by atoms with Crippen molar-refractivity contribution in [3.8, 4) is 22.5 Å². The van der Waals surface area contributed by atoms with Crippen LogP contribution in [0, 0.1) is 0 Å². The molecule has 10 nitrogen and oxygen atoms in total. The Hall–Kier alpha value is -4.41. The number of hydrogen-bond donors (Lipinski definition) is 4. The molecule has 0 aliphatic carbocycles. The van der Waals surface area contributed by atoms with E-state index in [9.17, 15) is 14.7 Å². The molecule has 1 aliphatic rings. The van der Waals surface area contributed by atoms with Gasteiger partial charge in [-0.2, -0.15) is 0 Å². The van der Waals surface area contributed by atoms with Gasteiger partial charge in [-0.3, -0.25) is 9.59 Å². The molecular weight excluding hydrogens is 530 g/mol. The highest BCUT2D eigenvalue weighted by atomic mass is 16.3. The topological polar surface area (TPSA) is 136 Å². The highest BCUT2D eigenvalue weighted by Gasteiger charge is 2.32. The quantitative estimate of drug-likeness (QED) is 0.230. The van der Waals surface area contributed by atoms with E-state index < -0.39 is 17.7 Å². The van der Waals surface area contributed by atoms with Crippen molar-refractivity contribution in [1.82, 2.24) is 31.3 Å². The Morgan fingerprint density at radius 1 is 1.07 bits per heavy atom. The predicted octanol–water partition coefficient (Wildman–Crippen LogP) is 3.64. The van der Waals surface area contributed by atoms with E-state index in [4.69, 9.17) is 0 Å². The van der Waals surface area contributed by atoms with Gasteiger partial charge in [-0.1, -0.05) is 66.7 Å². The van der Waals surface area contributed by atoms with E-state index in [0.717, 1.165) is 33.5 Å². The molecule has 0 spiro atoms. The van der Waals surface area contributed by atoms with Crippen LogP contribution >= 0.6 is 0 Å². The van der Waals surface area contributed by atoms with Gasteiger partial charge < -0.3 is 20.6 Å². The van der Waals surface area contributed by atoms with Gasteiger partial charge in [0.15, 0.2) is 5.82 Å². The number of carbonyl (C=O) groups is 2. The normalized spacial score (nSPS) is 16.0. The number of nitrogens with zero attached hydrogens (tertiary/aromatic N) is 4. The number of aliphatic hydroxyl groups is 1. The summed E-state index contributed by atoms with van der Waals surface area (Å²) in [5.74, 6) is 0.263. The Morgan fingerprint density at radius 2 is 1.79 bits per heavy atom. The first-order valence-corrected chi connectivity index (χ1v) is 14.2. The van der Waals surface area contributed by atoms with E-state index in [1.54, 1.807) is 11.8 Å². The molecule has 42 heavy (non-hydrogen) atoms. The van der Waals surface area contributed by atoms with Crippen molar-refractivity contribution in [2.24, 2.45) is 0 Å². The molecule has 2 amide bonds. The highest BCUT2D eigenvalue weighted by Crippen LogP contribution is 2.32. The van der Waals surface area contributed by atoms with Crippen LogP contribution in [0.25, 0.3) is 22.5 Å². The average molecular weight is 568 g/mol. The molecule has 0 saturated heterocycles. The lowest BCUT2D eigenvalue weighted by atomic mass is 9.98. The van der Waals surface area contributed by atoms with E-state index >= 15 is 0 Å². The summed E-state index contributed by atoms with van der Waals surface area (Å²) >= 11 is 0. The average Bonchev–Trinajstić information content (AvgIpc) is 3.48. The van der Waals surface area contributed by atoms with Gasteiger partial charge in [-0.25, -0.2) is 5.10 Å². The number of aromatic nitrogens is 4. The second kappa shape index (κ2) is 12.6. The summed E-state index contributed by atoms with van der Waals surface area (Å²) in [5, 5.41) is 30.1. The number of fused-ring (bicyclic) bond motifs is 1. The molecule has 4 N–H and O–H groups in total. The molecule has 5 rings (SSSR count). The molecule has 1 aromatic heterocycles. The lowest BCUT2D eigenvalue weighted by molar-refractivity contribution is -0.128. The summed E-state index contributed by atoms with van der Waals surface area (Å²) < 4.78 is 0. The van der Waals surface area contributed by atoms with E-state index in [1.807, 2.05) is 86.6 Å². The second-order valence-corrected chi connectivity index (χ2v) is 11.5. The molecule has 2 heterocycles. The number of aryl methyl sites for hydroxylation is 1. The smallest absolute Gasteiger partial charge is 0.249 e. The SMILES string of the molecule is C[C@@H](O)CNC(C)(C)CC(=O)N[C@@H]1CCc2ccccc2N(Cc2ccc(-c3ccccc3-c3nnn[nH]3)cc2)C1=O. The van der Waals surface area contributed by atoms with Crippen molar-refractivity contribution >= 4 is 17.5 Å². The Balaban J connectivity index is 1.34. The largest absolute Gasteiger partial charge is 0.392 e. The van der Waals surface area contributed by atoms with Crippen molar-refractivity contribution in [1.29, 1.82) is 0 Å². The molecule has 0 fully saturated rings. The van der Waals surface area contributed by atoms with Gasteiger partial charge in [0.25, 0.3) is 0 Å². The molecule has 0 bridgehead atoms. The van der Waals surface area contributed by atoms with Crippen LogP contribution < -0.4 is 15.5 Å². The lowest BCUT2D eigenvalue weighted by Crippen LogP contribution is -2.51. The summed E-state index contributed by atoms with van der Waals surface area (Å²) in [5.41, 5.74) is 5.28. The second-order valence-electron chi connectivity index (χ2n) is 11.5. The van der Waals surface area contributed by atoms with E-state index in [-0.39, 0.29) is 18.2 Å². The highest BCUT2D eigenvalue weighted by molar-refractivity contribution is 6.00. The molecule has 218 valence electrons. The maximum Gasteiger partial charge on any atom is 0.249 e. The van der Waals surface area contributed by atoms with Crippen molar-refractivity contribution in [3.63, 3.8) is 0 Å². The standard InChI is InChI=1S/C32H37N7O3/c1-21(40)19-33-32(2,3)18-29(41)34-27-17-16-24-8-4-7-11-28(24)39(31(27)42)20-22-12-14-23(15-13-22)25-9-5-6-10-26(25)30-35-37-38-36-30/h4-15,21,27,33,40H,16-20H2,1-3H3,(H,34,41)(H,35,36,37,38)/t21-,27-/m1/s1. The Kier molecular flexibility index (Phi) is 8.75. The number of β-amino-alcohol motifs (C(OH)–C–C–N with tert-alkyl or cyclic N) is 1. The van der Waals surface area contributed by atoms with Gasteiger partial charge in [-0.15, -0.1) is 5.10 Å². The third-order valence-electron chi connectivity index (χ3n) is 7.50. The summed E-state index contributed by atoms with van der Waals surface area (Å²) in [4.78, 5) is 28.8. The van der Waals surface area contributed by atoms with Crippen LogP contribution in [0.5, 0.6) is 0 Å². The van der Waals surface area contributed by atoms with Crippen molar-refractivity contribution in [2.45, 2.75) is 64.3 Å². The van der Waals surface area contributed by atoms with Crippen molar-refractivity contribution in [3.05, 3.63) is 83.9 Å². The third kappa shape index (κ3) is 6.89. The summed E-state index contributed by atoms with van der Waals surface area (Å²) in [6, 6.07) is 23.3. The Morgan fingerprint density at radius 3 is 2.50 bits per heavy atom. The first-order valence-electron chi connectivity index (χ1n) is 14.2. The number of aromatic amines is 1. The molecule has 10 heteroatoms. The zero-order valence-electron chi connectivity index (χ0n) is 24.2. The predicted molar refractivity (Wildman–Crippen MR) is 161 cm³/mol. The van der Waals surface area contributed by atoms with E-state index in [1.165, 1.54) is 0 Å². The fourth-order valence-corrected chi connectivity index (χ4v) is 5.33. The maximum atomic E-state index is 13.9. The number of benzene rings is 3. The van der Waals surface area contributed by atoms with Gasteiger partial charge in [0, 0.05) is 29.8 Å². The van der Waals surface area contributed by atoms with Crippen LogP contribution in [0.15, 0.2) is 72.8 Å². The number of aliphatic hydroxyl groups excluding tert-OH is 1. The molecule has 3 aromatic carbocycles. The number of tetrazole rings is 1. The third-order valence-corrected chi connectivity index (χ3v) is 7.50. The van der Waals surface area contributed by atoms with Crippen LogP contribution in [0.2, 0.25) is 0 Å². The summed E-state index contributed by atoms with van der Waals surface area (Å²) in [7, 11) is 0. The molecule has 0 saturated carbocycles. The van der Waals surface area contributed by atoms with Gasteiger partial charge in [0.2, 0.25) is 11.8 Å². The number of anilines is 1. The van der Waals surface area contributed by atoms with Gasteiger partial charge in [0.05, 0.1) is 12.6 Å². The van der Waals surface area contributed by atoms with Crippen LogP contribution in [-0.2, 0) is 22.6 Å². The minimum absolute atomic E-state index is 0.129. The van der Waals surface area contributed by atoms with Crippen LogP contribution in [0.3, 0.4) is 0 Å². The van der Waals surface area contributed by atoms with Gasteiger partial charge >= 0.3 is 0 Å². The number of rotatable bonds is 10. The fraction of sp³-hybridized carbons (Fsp3) is 0.344. The number of nitrogens with one attached hydrogen (secondary N) is 3. The van der Waals surface area contributed by atoms with E-state index in [2.05, 4.69) is 31.3 Å². The molecule has 4 aromatic rings. The Labute approximate surface area is 245 Å². The first kappa shape index (κ1) is 29.1. The van der Waals surface area contributed by atoms with Crippen molar-refractivity contribution in [2.75, 3.05) is 11.4 Å². The fourth-order valence-electron chi connectivity index (χ4n) is 5.33. The maximum absolute atomic E-state index is 13.9. The van der Waals surface area contributed by atoms with E-state index in [0.29, 0.717) is 31.8 Å². The van der Waals surface area contributed by atoms with Gasteiger partial charge in [-0.05, 0) is 72.4 Å². The molecular formula is C32H37N7O3. The molecule has 0 unspecified atom stereocenters. The number of H-pyrrole nitrogens is 1. The summed E-state index contributed by atoms with van der Waals surface area (Å²) in [6.07, 6.45) is 0.867. The monoisotopic (exact) mass is 567 g/mol. The van der Waals surface area contributed by atoms with Crippen molar-refractivity contribution < 1.29 is 14.7 Å². The lowest BCUT2D eigenvalue weighted by Gasteiger charge is -2.29. The number of carbonyl (C=O) groups excluding carboxylic acids is 2. The molecule has 2 atom stereocenters. The minimum atomic E-state index is -0.640. The molecule has 1 aliphatic heterocycles. The van der Waals surface area contributed by atoms with Gasteiger partial charge in [0.1, 0.15) is 6.04 Å². The Bertz CT molecular complexity index is 1520. The number of amides is 2. The summed E-state index contributed by atoms with van der Waals surface area (Å²) in [6.45, 7) is 6.28. The zero-order valence-corrected chi connectivity index (χ0v) is 24.2. The van der Waals surface area contributed by atoms with Crippen LogP contribution in [0.4, 0.5) is 5.69 Å². The zero-order chi connectivity index (χ0) is 29.7. The minimum Gasteiger partial charge on any atom is -0.392 e. The van der Waals surface area contributed by atoms with Crippen LogP contribution in [-0.4, -0.2) is 61.8 Å². The first-order chi connectivity index (χ1) is 20.2. The number of hydrogen-bond acceptors (Lipinski definition) is 7.